The Hall–Kier alpha value is -2.81. The monoisotopic (exact) mass is 435 g/mol. The average Bonchev–Trinajstić information content (AvgIpc) is 3.06. The number of carbonyl (C=O) groups is 2. The summed E-state index contributed by atoms with van der Waals surface area (Å²) < 4.78 is 28.7. The van der Waals surface area contributed by atoms with E-state index in [1.165, 1.54) is 4.90 Å². The molecule has 8 nitrogen and oxygen atoms in total. The fourth-order valence-electron chi connectivity index (χ4n) is 3.65. The van der Waals surface area contributed by atoms with Gasteiger partial charge in [0.05, 0.1) is 11.5 Å². The zero-order valence-corrected chi connectivity index (χ0v) is 17.7. The number of hydrogen-bond donors (Lipinski definition) is 2. The smallest absolute Gasteiger partial charge is 0.342 e. The third kappa shape index (κ3) is 4.67. The van der Waals surface area contributed by atoms with Crippen LogP contribution in [0.1, 0.15) is 30.6 Å². The lowest BCUT2D eigenvalue weighted by atomic mass is 10.0. The number of esters is 1. The number of sulfone groups is 1. The van der Waals surface area contributed by atoms with Gasteiger partial charge in [-0.1, -0.05) is 38.1 Å². The van der Waals surface area contributed by atoms with Gasteiger partial charge in [-0.3, -0.25) is 4.79 Å². The number of amides is 1. The maximum Gasteiger partial charge on any atom is 0.342 e. The van der Waals surface area contributed by atoms with Crippen LogP contribution in [0.4, 0.5) is 0 Å². The molecule has 1 fully saturated rings. The van der Waals surface area contributed by atoms with E-state index in [4.69, 9.17) is 4.74 Å². The fraction of sp³-hybridized carbons (Fsp3) is 0.429. The number of carbonyl (C=O) groups excluding carboxylic acids is 2. The molecular weight excluding hydrogens is 410 g/mol. The second kappa shape index (κ2) is 8.51. The highest BCUT2D eigenvalue weighted by Crippen LogP contribution is 2.35. The zero-order valence-electron chi connectivity index (χ0n) is 16.9. The number of phenolic OH excluding ortho intramolecular Hbond substituents is 2. The minimum Gasteiger partial charge on any atom is -0.507 e. The Kier molecular flexibility index (Phi) is 6.21. The highest BCUT2D eigenvalue weighted by Gasteiger charge is 2.35. The topological polar surface area (TPSA) is 121 Å². The summed E-state index contributed by atoms with van der Waals surface area (Å²) in [7, 11) is -3.18. The number of phenols is 2. The number of hydrogen-bond acceptors (Lipinski definition) is 7. The van der Waals surface area contributed by atoms with Gasteiger partial charge in [-0.05, 0) is 18.4 Å². The molecule has 1 unspecified atom stereocenters. The fourth-order valence-corrected chi connectivity index (χ4v) is 5.38. The average molecular weight is 435 g/mol. The van der Waals surface area contributed by atoms with Crippen LogP contribution in [0.2, 0.25) is 0 Å². The predicted molar refractivity (Wildman–Crippen MR) is 111 cm³/mol. The number of benzene rings is 2. The SMILES string of the molecule is CC(C)CN(C(=O)COC(=O)c1cc(O)c2ccccc2c1O)C1CCS(=O)(=O)C1. The Morgan fingerprint density at radius 3 is 2.47 bits per heavy atom. The maximum absolute atomic E-state index is 12.7. The van der Waals surface area contributed by atoms with Crippen molar-refractivity contribution in [3.63, 3.8) is 0 Å². The maximum atomic E-state index is 12.7. The Morgan fingerprint density at radius 1 is 1.20 bits per heavy atom. The minimum atomic E-state index is -3.18. The first-order chi connectivity index (χ1) is 14.1. The van der Waals surface area contributed by atoms with Gasteiger partial charge >= 0.3 is 5.97 Å². The molecular formula is C21H25NO7S. The Labute approximate surface area is 175 Å². The second-order valence-electron chi connectivity index (χ2n) is 7.91. The van der Waals surface area contributed by atoms with Crippen LogP contribution < -0.4 is 0 Å². The molecule has 0 bridgehead atoms. The lowest BCUT2D eigenvalue weighted by Crippen LogP contribution is -2.45. The number of aromatic hydroxyl groups is 2. The minimum absolute atomic E-state index is 0.0313. The van der Waals surface area contributed by atoms with Crippen LogP contribution in [0.25, 0.3) is 10.8 Å². The molecule has 1 aliphatic rings. The quantitative estimate of drug-likeness (QED) is 0.526. The molecule has 30 heavy (non-hydrogen) atoms. The van der Waals surface area contributed by atoms with Crippen molar-refractivity contribution in [2.75, 3.05) is 24.7 Å². The van der Waals surface area contributed by atoms with Crippen molar-refractivity contribution in [1.82, 2.24) is 4.90 Å². The number of ether oxygens (including phenoxy) is 1. The van der Waals surface area contributed by atoms with Gasteiger partial charge in [0.1, 0.15) is 17.1 Å². The first kappa shape index (κ1) is 21.9. The van der Waals surface area contributed by atoms with Crippen LogP contribution in [0, 0.1) is 5.92 Å². The molecule has 1 amide bonds. The van der Waals surface area contributed by atoms with Crippen LogP contribution >= 0.6 is 0 Å². The molecule has 0 spiro atoms. The van der Waals surface area contributed by atoms with E-state index in [0.717, 1.165) is 6.07 Å². The second-order valence-corrected chi connectivity index (χ2v) is 10.1. The normalized spacial score (nSPS) is 17.9. The lowest BCUT2D eigenvalue weighted by molar-refractivity contribution is -0.137. The van der Waals surface area contributed by atoms with Gasteiger partial charge in [-0.15, -0.1) is 0 Å². The van der Waals surface area contributed by atoms with Gasteiger partial charge in [0.2, 0.25) is 0 Å². The van der Waals surface area contributed by atoms with Crippen molar-refractivity contribution in [3.05, 3.63) is 35.9 Å². The third-order valence-electron chi connectivity index (χ3n) is 5.07. The summed E-state index contributed by atoms with van der Waals surface area (Å²) in [4.78, 5) is 26.7. The zero-order chi connectivity index (χ0) is 22.1. The summed E-state index contributed by atoms with van der Waals surface area (Å²) in [5, 5.41) is 21.2. The van der Waals surface area contributed by atoms with E-state index in [1.807, 2.05) is 13.8 Å². The van der Waals surface area contributed by atoms with Gasteiger partial charge in [-0.2, -0.15) is 0 Å². The van der Waals surface area contributed by atoms with Crippen molar-refractivity contribution >= 4 is 32.5 Å². The molecule has 1 aliphatic heterocycles. The lowest BCUT2D eigenvalue weighted by Gasteiger charge is -2.29. The van der Waals surface area contributed by atoms with Gasteiger partial charge < -0.3 is 19.8 Å². The molecule has 9 heteroatoms. The summed E-state index contributed by atoms with van der Waals surface area (Å²) in [6, 6.07) is 7.14. The van der Waals surface area contributed by atoms with Crippen LogP contribution in [-0.2, 0) is 19.4 Å². The van der Waals surface area contributed by atoms with Crippen LogP contribution in [0.15, 0.2) is 30.3 Å². The van der Waals surface area contributed by atoms with E-state index < -0.39 is 34.4 Å². The van der Waals surface area contributed by atoms with Gasteiger partial charge in [0, 0.05) is 23.4 Å². The number of rotatable bonds is 6. The summed E-state index contributed by atoms with van der Waals surface area (Å²) in [5.41, 5.74) is -0.252. The molecule has 0 saturated carbocycles. The van der Waals surface area contributed by atoms with Crippen LogP contribution in [0.3, 0.4) is 0 Å². The van der Waals surface area contributed by atoms with Crippen molar-refractivity contribution in [1.29, 1.82) is 0 Å². The third-order valence-corrected chi connectivity index (χ3v) is 6.82. The summed E-state index contributed by atoms with van der Waals surface area (Å²) in [6.45, 7) is 3.57. The summed E-state index contributed by atoms with van der Waals surface area (Å²) in [6.07, 6.45) is 0.355. The largest absolute Gasteiger partial charge is 0.507 e. The van der Waals surface area contributed by atoms with Crippen molar-refractivity contribution in [3.8, 4) is 11.5 Å². The Morgan fingerprint density at radius 2 is 1.87 bits per heavy atom. The molecule has 3 rings (SSSR count). The standard InChI is InChI=1S/C21H25NO7S/c1-13(2)10-22(14-7-8-30(27,28)12-14)19(24)11-29-21(26)17-9-18(23)15-5-3-4-6-16(15)20(17)25/h3-6,9,13-14,23,25H,7-8,10-12H2,1-2H3. The first-order valence-corrected chi connectivity index (χ1v) is 11.5. The molecule has 1 atom stereocenters. The number of fused-ring (bicyclic) bond motifs is 1. The van der Waals surface area contributed by atoms with Gasteiger partial charge in [0.25, 0.3) is 5.91 Å². The Bertz CT molecular complexity index is 1080. The summed E-state index contributed by atoms with van der Waals surface area (Å²) >= 11 is 0. The van der Waals surface area contributed by atoms with Gasteiger partial charge in [0.15, 0.2) is 16.4 Å². The van der Waals surface area contributed by atoms with E-state index in [1.54, 1.807) is 24.3 Å². The van der Waals surface area contributed by atoms with E-state index >= 15 is 0 Å². The molecule has 162 valence electrons. The van der Waals surface area contributed by atoms with E-state index in [0.29, 0.717) is 18.4 Å². The highest BCUT2D eigenvalue weighted by molar-refractivity contribution is 7.91. The van der Waals surface area contributed by atoms with Crippen LogP contribution in [0.5, 0.6) is 11.5 Å². The van der Waals surface area contributed by atoms with E-state index in [2.05, 4.69) is 0 Å². The van der Waals surface area contributed by atoms with Crippen molar-refractivity contribution < 1.29 is 33.0 Å². The molecule has 0 aromatic heterocycles. The van der Waals surface area contributed by atoms with E-state index in [9.17, 15) is 28.2 Å². The van der Waals surface area contributed by atoms with Crippen molar-refractivity contribution in [2.24, 2.45) is 5.92 Å². The molecule has 1 saturated heterocycles. The molecule has 0 aliphatic carbocycles. The molecule has 0 radical (unpaired) electrons. The molecule has 1 heterocycles. The van der Waals surface area contributed by atoms with E-state index in [-0.39, 0.29) is 39.9 Å². The number of nitrogens with zero attached hydrogens (tertiary/aromatic N) is 1. The molecule has 2 aromatic carbocycles. The first-order valence-electron chi connectivity index (χ1n) is 9.69. The Balaban J connectivity index is 1.75. The highest BCUT2D eigenvalue weighted by atomic mass is 32.2. The van der Waals surface area contributed by atoms with Gasteiger partial charge in [-0.25, -0.2) is 13.2 Å². The predicted octanol–water partition coefficient (Wildman–Crippen LogP) is 2.08. The van der Waals surface area contributed by atoms with Crippen LogP contribution in [-0.4, -0.2) is 66.1 Å². The van der Waals surface area contributed by atoms with Crippen molar-refractivity contribution in [2.45, 2.75) is 26.3 Å². The molecule has 2 N–H and O–H groups in total. The molecule has 2 aromatic rings. The summed E-state index contributed by atoms with van der Waals surface area (Å²) in [5.74, 6) is -1.95.